The molecule has 2 aromatic rings. The van der Waals surface area contributed by atoms with Gasteiger partial charge in [-0.05, 0) is 92.4 Å². The molecule has 2 bridgehead atoms. The first-order valence-corrected chi connectivity index (χ1v) is 12.5. The maximum absolute atomic E-state index is 14.1. The molecule has 0 spiro atoms. The molecule has 1 unspecified atom stereocenters. The van der Waals surface area contributed by atoms with E-state index in [1.807, 2.05) is 19.9 Å². The summed E-state index contributed by atoms with van der Waals surface area (Å²) in [7, 11) is 0. The van der Waals surface area contributed by atoms with Crippen LogP contribution in [0.4, 0.5) is 9.18 Å². The van der Waals surface area contributed by atoms with E-state index < -0.39 is 0 Å². The average Bonchev–Trinajstić information content (AvgIpc) is 3.04. The van der Waals surface area contributed by atoms with Gasteiger partial charge in [0.1, 0.15) is 17.7 Å². The number of piperidine rings is 3. The van der Waals surface area contributed by atoms with Gasteiger partial charge in [0.15, 0.2) is 0 Å². The van der Waals surface area contributed by atoms with E-state index in [4.69, 9.17) is 9.47 Å². The molecule has 6 heteroatoms. The van der Waals surface area contributed by atoms with Crippen LogP contribution >= 0.6 is 0 Å². The van der Waals surface area contributed by atoms with Gasteiger partial charge in [-0.3, -0.25) is 4.90 Å². The first-order valence-electron chi connectivity index (χ1n) is 12.5. The Balaban J connectivity index is 1.36. The summed E-state index contributed by atoms with van der Waals surface area (Å²) in [6.45, 7) is 11.3. The monoisotopic (exact) mass is 466 g/mol. The molecule has 3 saturated heterocycles. The lowest BCUT2D eigenvalue weighted by Gasteiger charge is -2.44. The van der Waals surface area contributed by atoms with Gasteiger partial charge in [0.05, 0.1) is 12.1 Å². The summed E-state index contributed by atoms with van der Waals surface area (Å²) in [4.78, 5) is 15.3. The van der Waals surface area contributed by atoms with Gasteiger partial charge in [-0.2, -0.15) is 0 Å². The molecule has 6 rings (SSSR count). The Morgan fingerprint density at radius 1 is 1.15 bits per heavy atom. The molecular formula is C28H35FN2O3. The van der Waals surface area contributed by atoms with Crippen molar-refractivity contribution in [1.82, 2.24) is 10.2 Å². The number of rotatable bonds is 5. The number of nitrogens with zero attached hydrogens (tertiary/aromatic N) is 1. The maximum Gasteiger partial charge on any atom is 0.407 e. The molecule has 182 valence electrons. The SMILES string of the molecule is CC(C)Oc1ccc(F)cc1-c1ccc2c(c1)CC(C)(C)C2NC(=O)O[C@@H]1CN2CCC1CC2. The molecule has 1 amide bonds. The number of hydrogen-bond acceptors (Lipinski definition) is 4. The number of halogens is 1. The Hall–Kier alpha value is -2.60. The van der Waals surface area contributed by atoms with Crippen LogP contribution in [-0.4, -0.2) is 42.8 Å². The Kier molecular flexibility index (Phi) is 6.05. The number of carbonyl (C=O) groups is 1. The number of nitrogens with one attached hydrogen (secondary N) is 1. The van der Waals surface area contributed by atoms with E-state index in [9.17, 15) is 9.18 Å². The van der Waals surface area contributed by atoms with E-state index in [1.54, 1.807) is 6.07 Å². The number of ether oxygens (including phenoxy) is 2. The second-order valence-corrected chi connectivity index (χ2v) is 11.0. The van der Waals surface area contributed by atoms with Gasteiger partial charge in [-0.1, -0.05) is 32.0 Å². The molecule has 1 N–H and O–H groups in total. The van der Waals surface area contributed by atoms with E-state index >= 15 is 0 Å². The van der Waals surface area contributed by atoms with Crippen molar-refractivity contribution < 1.29 is 18.7 Å². The topological polar surface area (TPSA) is 50.8 Å². The van der Waals surface area contributed by atoms with Crippen LogP contribution in [0.1, 0.15) is 57.7 Å². The van der Waals surface area contributed by atoms with Gasteiger partial charge < -0.3 is 14.8 Å². The third-order valence-corrected chi connectivity index (χ3v) is 7.61. The molecule has 0 radical (unpaired) electrons. The number of alkyl carbamates (subject to hydrolysis) is 1. The van der Waals surface area contributed by atoms with E-state index in [-0.39, 0.29) is 35.6 Å². The molecule has 3 heterocycles. The number of benzene rings is 2. The van der Waals surface area contributed by atoms with Crippen molar-refractivity contribution in [3.8, 4) is 16.9 Å². The van der Waals surface area contributed by atoms with Crippen LogP contribution in [0.2, 0.25) is 0 Å². The number of carbonyl (C=O) groups excluding carboxylic acids is 1. The number of fused-ring (bicyclic) bond motifs is 4. The third kappa shape index (κ3) is 4.52. The fourth-order valence-corrected chi connectivity index (χ4v) is 5.91. The largest absolute Gasteiger partial charge is 0.490 e. The summed E-state index contributed by atoms with van der Waals surface area (Å²) in [5.74, 6) is 0.863. The Morgan fingerprint density at radius 3 is 2.59 bits per heavy atom. The van der Waals surface area contributed by atoms with Gasteiger partial charge in [0, 0.05) is 12.1 Å². The van der Waals surface area contributed by atoms with Crippen molar-refractivity contribution in [3.05, 3.63) is 53.3 Å². The predicted molar refractivity (Wildman–Crippen MR) is 130 cm³/mol. The summed E-state index contributed by atoms with van der Waals surface area (Å²) in [5, 5.41) is 3.17. The second-order valence-electron chi connectivity index (χ2n) is 11.0. The van der Waals surface area contributed by atoms with Crippen LogP contribution in [-0.2, 0) is 11.2 Å². The van der Waals surface area contributed by atoms with Gasteiger partial charge in [0.2, 0.25) is 0 Å². The third-order valence-electron chi connectivity index (χ3n) is 7.61. The maximum atomic E-state index is 14.1. The normalized spacial score (nSPS) is 26.9. The molecule has 5 nitrogen and oxygen atoms in total. The summed E-state index contributed by atoms with van der Waals surface area (Å²) in [6, 6.07) is 10.7. The van der Waals surface area contributed by atoms with Crippen molar-refractivity contribution in [3.63, 3.8) is 0 Å². The minimum Gasteiger partial charge on any atom is -0.490 e. The summed E-state index contributed by atoms with van der Waals surface area (Å²) in [6.07, 6.45) is 2.69. The molecular weight excluding hydrogens is 431 g/mol. The highest BCUT2D eigenvalue weighted by atomic mass is 19.1. The minimum atomic E-state index is -0.327. The Bertz CT molecular complexity index is 1080. The van der Waals surface area contributed by atoms with E-state index in [0.717, 1.165) is 61.2 Å². The zero-order valence-electron chi connectivity index (χ0n) is 20.6. The lowest BCUT2D eigenvalue weighted by atomic mass is 9.85. The predicted octanol–water partition coefficient (Wildman–Crippen LogP) is 5.72. The molecule has 0 aromatic heterocycles. The zero-order chi connectivity index (χ0) is 24.0. The van der Waals surface area contributed by atoms with Crippen LogP contribution in [0.25, 0.3) is 11.1 Å². The van der Waals surface area contributed by atoms with Crippen molar-refractivity contribution >= 4 is 6.09 Å². The summed E-state index contributed by atoms with van der Waals surface area (Å²) < 4.78 is 25.9. The Morgan fingerprint density at radius 2 is 1.91 bits per heavy atom. The molecule has 2 atom stereocenters. The fourth-order valence-electron chi connectivity index (χ4n) is 5.91. The van der Waals surface area contributed by atoms with Crippen LogP contribution in [0.15, 0.2) is 36.4 Å². The average molecular weight is 467 g/mol. The molecule has 1 aliphatic carbocycles. The molecule has 4 aliphatic rings. The standard InChI is InChI=1S/C28H35FN2O3/c1-17(2)33-24-8-6-21(29)14-23(24)19-5-7-22-20(13-19)15-28(3,4)26(22)30-27(32)34-25-16-31-11-9-18(25)10-12-31/h5-8,13-14,17-18,25-26H,9-12,15-16H2,1-4H3,(H,30,32)/t25-,26?/m1/s1. The van der Waals surface area contributed by atoms with Crippen LogP contribution in [0, 0.1) is 17.2 Å². The highest BCUT2D eigenvalue weighted by Crippen LogP contribution is 2.47. The van der Waals surface area contributed by atoms with E-state index in [2.05, 4.69) is 36.2 Å². The molecule has 0 saturated carbocycles. The van der Waals surface area contributed by atoms with Gasteiger partial charge in [-0.15, -0.1) is 0 Å². The fraction of sp³-hybridized carbons (Fsp3) is 0.536. The van der Waals surface area contributed by atoms with E-state index in [0.29, 0.717) is 11.7 Å². The number of hydrogen-bond donors (Lipinski definition) is 1. The Labute approximate surface area is 201 Å². The number of amides is 1. The van der Waals surface area contributed by atoms with Crippen molar-refractivity contribution in [1.29, 1.82) is 0 Å². The quantitative estimate of drug-likeness (QED) is 0.612. The smallest absolute Gasteiger partial charge is 0.407 e. The molecule has 3 aliphatic heterocycles. The molecule has 3 fully saturated rings. The second kappa shape index (κ2) is 8.88. The lowest BCUT2D eigenvalue weighted by Crippen LogP contribution is -2.53. The minimum absolute atomic E-state index is 0.00616. The van der Waals surface area contributed by atoms with Crippen LogP contribution in [0.3, 0.4) is 0 Å². The molecule has 2 aromatic carbocycles. The lowest BCUT2D eigenvalue weighted by molar-refractivity contribution is -0.0348. The van der Waals surface area contributed by atoms with Crippen LogP contribution in [0.5, 0.6) is 5.75 Å². The van der Waals surface area contributed by atoms with Crippen molar-refractivity contribution in [2.24, 2.45) is 11.3 Å². The van der Waals surface area contributed by atoms with Crippen molar-refractivity contribution in [2.75, 3.05) is 19.6 Å². The first kappa shape index (κ1) is 23.2. The van der Waals surface area contributed by atoms with Crippen molar-refractivity contribution in [2.45, 2.75) is 65.2 Å². The van der Waals surface area contributed by atoms with E-state index in [1.165, 1.54) is 12.1 Å². The first-order chi connectivity index (χ1) is 16.2. The van der Waals surface area contributed by atoms with Gasteiger partial charge in [0.25, 0.3) is 0 Å². The summed E-state index contributed by atoms with van der Waals surface area (Å²) >= 11 is 0. The summed E-state index contributed by atoms with van der Waals surface area (Å²) in [5.41, 5.74) is 3.76. The molecule has 34 heavy (non-hydrogen) atoms. The van der Waals surface area contributed by atoms with Crippen LogP contribution < -0.4 is 10.1 Å². The van der Waals surface area contributed by atoms with Gasteiger partial charge >= 0.3 is 6.09 Å². The zero-order valence-corrected chi connectivity index (χ0v) is 20.6. The highest BCUT2D eigenvalue weighted by molar-refractivity contribution is 5.73. The van der Waals surface area contributed by atoms with Gasteiger partial charge in [-0.25, -0.2) is 9.18 Å². The highest BCUT2D eigenvalue weighted by Gasteiger charge is 2.42.